The van der Waals surface area contributed by atoms with Crippen molar-refractivity contribution in [2.75, 3.05) is 0 Å². The van der Waals surface area contributed by atoms with E-state index in [1.807, 2.05) is 25.6 Å². The third-order valence-corrected chi connectivity index (χ3v) is 1.70. The lowest BCUT2D eigenvalue weighted by Gasteiger charge is -2.02. The molecule has 0 saturated carbocycles. The van der Waals surface area contributed by atoms with Crippen LogP contribution in [0, 0.1) is 18.0 Å². The van der Waals surface area contributed by atoms with Gasteiger partial charge in [0.1, 0.15) is 8.07 Å². The molecule has 0 bridgehead atoms. The Bertz CT molecular complexity index is 296. The Balaban J connectivity index is 4.68. The Labute approximate surface area is 71.9 Å². The zero-order valence-electron chi connectivity index (χ0n) is 7.20. The van der Waals surface area contributed by atoms with Crippen molar-refractivity contribution in [2.24, 2.45) is 0 Å². The molecule has 0 fully saturated rings. The fraction of sp³-hybridized carbons (Fsp3) is 0.375. The summed E-state index contributed by atoms with van der Waals surface area (Å²) in [5, 5.41) is 0. The van der Waals surface area contributed by atoms with Gasteiger partial charge in [-0.05, 0) is 0 Å². The van der Waals surface area contributed by atoms with E-state index in [0.717, 1.165) is 0 Å². The highest BCUT2D eigenvalue weighted by Crippen LogP contribution is 2.08. The Kier molecular flexibility index (Phi) is 3.65. The second-order valence-electron chi connectivity index (χ2n) is 3.22. The van der Waals surface area contributed by atoms with Crippen LogP contribution in [0.2, 0.25) is 19.6 Å². The van der Waals surface area contributed by atoms with Gasteiger partial charge in [-0.1, -0.05) is 25.6 Å². The van der Waals surface area contributed by atoms with E-state index < -0.39 is 19.9 Å². The van der Waals surface area contributed by atoms with E-state index in [4.69, 9.17) is 6.57 Å². The maximum Gasteiger partial charge on any atom is 0.375 e. The molecule has 12 heavy (non-hydrogen) atoms. The molecule has 0 unspecified atom stereocenters. The Hall–Kier alpha value is -1.13. The number of allylic oxidation sites excluding steroid dienone is 1. The van der Waals surface area contributed by atoms with Gasteiger partial charge in [0.2, 0.25) is 5.83 Å². The second-order valence-corrected chi connectivity index (χ2v) is 7.97. The second kappa shape index (κ2) is 4.03. The lowest BCUT2D eigenvalue weighted by molar-refractivity contribution is 0.577. The van der Waals surface area contributed by atoms with Crippen LogP contribution in [0.1, 0.15) is 0 Å². The maximum atomic E-state index is 12.5. The van der Waals surface area contributed by atoms with Crippen molar-refractivity contribution in [3.8, 4) is 11.5 Å². The first-order chi connectivity index (χ1) is 5.37. The monoisotopic (exact) mass is 185 g/mol. The van der Waals surface area contributed by atoms with Crippen molar-refractivity contribution in [3.05, 3.63) is 23.2 Å². The van der Waals surface area contributed by atoms with Gasteiger partial charge in [-0.2, -0.15) is 0 Å². The SMILES string of the molecule is [C-]#[N+]/C(F)=C(/F)C#C[Si](C)(C)C. The highest BCUT2D eigenvalue weighted by Gasteiger charge is 2.08. The molecule has 0 rings (SSSR count). The molecule has 0 saturated heterocycles. The first kappa shape index (κ1) is 10.9. The van der Waals surface area contributed by atoms with Gasteiger partial charge < -0.3 is 0 Å². The van der Waals surface area contributed by atoms with E-state index >= 15 is 0 Å². The van der Waals surface area contributed by atoms with Crippen LogP contribution >= 0.6 is 0 Å². The van der Waals surface area contributed by atoms with E-state index in [1.54, 1.807) is 0 Å². The van der Waals surface area contributed by atoms with E-state index in [2.05, 4.69) is 10.4 Å². The highest BCUT2D eigenvalue weighted by atomic mass is 28.3. The average Bonchev–Trinajstić information content (AvgIpc) is 1.97. The number of nitrogens with zero attached hydrogens (tertiary/aromatic N) is 1. The lowest BCUT2D eigenvalue weighted by atomic mass is 10.6. The van der Waals surface area contributed by atoms with Crippen molar-refractivity contribution in [3.63, 3.8) is 0 Å². The highest BCUT2D eigenvalue weighted by molar-refractivity contribution is 6.83. The molecule has 1 nitrogen and oxygen atoms in total. The van der Waals surface area contributed by atoms with Crippen LogP contribution in [0.15, 0.2) is 11.8 Å². The van der Waals surface area contributed by atoms with Crippen LogP contribution < -0.4 is 0 Å². The third-order valence-electron chi connectivity index (χ3n) is 0.827. The fourth-order valence-electron chi connectivity index (χ4n) is 0.343. The first-order valence-electron chi connectivity index (χ1n) is 3.33. The molecule has 0 aromatic heterocycles. The summed E-state index contributed by atoms with van der Waals surface area (Å²) in [5.41, 5.74) is 2.61. The molecule has 0 spiro atoms. The van der Waals surface area contributed by atoms with Crippen LogP contribution in [0.25, 0.3) is 4.85 Å². The lowest BCUT2D eigenvalue weighted by Crippen LogP contribution is -2.16. The summed E-state index contributed by atoms with van der Waals surface area (Å²) >= 11 is 0. The van der Waals surface area contributed by atoms with E-state index in [9.17, 15) is 8.78 Å². The minimum absolute atomic E-state index is 1.26. The quantitative estimate of drug-likeness (QED) is 0.236. The predicted octanol–water partition coefficient (Wildman–Crippen LogP) is 2.89. The molecule has 0 amide bonds. The minimum atomic E-state index is -1.68. The molecule has 4 heteroatoms. The summed E-state index contributed by atoms with van der Waals surface area (Å²) in [7, 11) is -1.68. The molecule has 0 aromatic carbocycles. The zero-order valence-corrected chi connectivity index (χ0v) is 8.20. The summed E-state index contributed by atoms with van der Waals surface area (Å²) in [6, 6.07) is 0. The number of halogens is 2. The molecule has 0 aliphatic carbocycles. The minimum Gasteiger partial charge on any atom is -0.233 e. The molecule has 0 radical (unpaired) electrons. The van der Waals surface area contributed by atoms with Crippen LogP contribution in [0.3, 0.4) is 0 Å². The van der Waals surface area contributed by atoms with E-state index in [1.165, 1.54) is 0 Å². The van der Waals surface area contributed by atoms with E-state index in [-0.39, 0.29) is 0 Å². The smallest absolute Gasteiger partial charge is 0.233 e. The fourth-order valence-corrected chi connectivity index (χ4v) is 0.828. The van der Waals surface area contributed by atoms with Crippen LogP contribution in [0.4, 0.5) is 8.78 Å². The molecule has 0 N–H and O–H groups in total. The molecule has 0 atom stereocenters. The van der Waals surface area contributed by atoms with Crippen molar-refractivity contribution in [1.29, 1.82) is 0 Å². The van der Waals surface area contributed by atoms with Crippen molar-refractivity contribution < 1.29 is 8.78 Å². The molecule has 0 aliphatic heterocycles. The third kappa shape index (κ3) is 4.65. The molecular weight excluding hydrogens is 176 g/mol. The van der Waals surface area contributed by atoms with Gasteiger partial charge in [-0.3, -0.25) is 0 Å². The van der Waals surface area contributed by atoms with Gasteiger partial charge in [0.15, 0.2) is 0 Å². The topological polar surface area (TPSA) is 4.36 Å². The van der Waals surface area contributed by atoms with Gasteiger partial charge in [0, 0.05) is 0 Å². The zero-order chi connectivity index (χ0) is 9.78. The van der Waals surface area contributed by atoms with E-state index in [0.29, 0.717) is 0 Å². The summed E-state index contributed by atoms with van der Waals surface area (Å²) in [6.07, 6.45) is 0. The average molecular weight is 185 g/mol. The van der Waals surface area contributed by atoms with Crippen molar-refractivity contribution in [2.45, 2.75) is 19.6 Å². The van der Waals surface area contributed by atoms with Gasteiger partial charge >= 0.3 is 5.95 Å². The molecule has 0 aliphatic rings. The van der Waals surface area contributed by atoms with Gasteiger partial charge in [0.25, 0.3) is 0 Å². The number of hydrogen-bond acceptors (Lipinski definition) is 0. The normalized spacial score (nSPS) is 12.3. The Morgan fingerprint density at radius 3 is 2.17 bits per heavy atom. The summed E-state index contributed by atoms with van der Waals surface area (Å²) < 4.78 is 24.6. The number of rotatable bonds is 0. The van der Waals surface area contributed by atoms with Crippen molar-refractivity contribution >= 4 is 8.07 Å². The Morgan fingerprint density at radius 1 is 1.33 bits per heavy atom. The van der Waals surface area contributed by atoms with Crippen LogP contribution in [-0.2, 0) is 0 Å². The summed E-state index contributed by atoms with van der Waals surface area (Å²) in [4.78, 5) is 2.29. The maximum absolute atomic E-state index is 12.5. The largest absolute Gasteiger partial charge is 0.375 e. The molecule has 64 valence electrons. The van der Waals surface area contributed by atoms with Gasteiger partial charge in [-0.15, -0.1) is 5.54 Å². The van der Waals surface area contributed by atoms with Crippen molar-refractivity contribution in [1.82, 2.24) is 0 Å². The summed E-state index contributed by atoms with van der Waals surface area (Å²) in [6.45, 7) is 11.9. The van der Waals surface area contributed by atoms with Crippen LogP contribution in [-0.4, -0.2) is 8.07 Å². The standard InChI is InChI=1S/C8H9F2NSi/c1-11-8(10)7(9)5-6-12(2,3)4/h2-4H3/b8-7+. The number of hydrogen-bond donors (Lipinski definition) is 0. The Morgan fingerprint density at radius 2 is 1.83 bits per heavy atom. The van der Waals surface area contributed by atoms with Crippen LogP contribution in [0.5, 0.6) is 0 Å². The first-order valence-corrected chi connectivity index (χ1v) is 6.83. The molecule has 0 aromatic rings. The predicted molar refractivity (Wildman–Crippen MR) is 47.0 cm³/mol. The van der Waals surface area contributed by atoms with Gasteiger partial charge in [0.05, 0.1) is 6.57 Å². The van der Waals surface area contributed by atoms with Gasteiger partial charge in [-0.25, -0.2) is 13.6 Å². The molecule has 0 heterocycles. The summed E-state index contributed by atoms with van der Waals surface area (Å²) in [5.74, 6) is -0.705. The molecular formula is C8H9F2NSi.